The second-order valence-electron chi connectivity index (χ2n) is 6.71. The summed E-state index contributed by atoms with van der Waals surface area (Å²) >= 11 is 0. The third-order valence-corrected chi connectivity index (χ3v) is 4.96. The van der Waals surface area contributed by atoms with Gasteiger partial charge < -0.3 is 14.8 Å². The first-order chi connectivity index (χ1) is 12.7. The van der Waals surface area contributed by atoms with Crippen molar-refractivity contribution in [1.29, 1.82) is 0 Å². The molecule has 0 amide bonds. The number of Topliss-reactive ketones (excluding diaryl/α,β-unsaturated/α-hetero) is 1. The fourth-order valence-corrected chi connectivity index (χ4v) is 3.49. The van der Waals surface area contributed by atoms with Gasteiger partial charge in [-0.2, -0.15) is 0 Å². The quantitative estimate of drug-likeness (QED) is 0.853. The number of hydrogen-bond donors (Lipinski definition) is 1. The molecule has 0 bridgehead atoms. The molecule has 2 aromatic rings. The van der Waals surface area contributed by atoms with Gasteiger partial charge >= 0.3 is 0 Å². The number of fused-ring (bicyclic) bond motifs is 2. The lowest BCUT2D eigenvalue weighted by Gasteiger charge is -2.14. The van der Waals surface area contributed by atoms with Crippen LogP contribution in [0, 0.1) is 0 Å². The summed E-state index contributed by atoms with van der Waals surface area (Å²) in [5.74, 6) is 2.07. The molecule has 0 aromatic heterocycles. The number of methoxy groups -OCH3 is 2. The van der Waals surface area contributed by atoms with Gasteiger partial charge in [0.05, 0.1) is 14.2 Å². The second kappa shape index (κ2) is 8.75. The van der Waals surface area contributed by atoms with Crippen LogP contribution in [0.2, 0.25) is 0 Å². The Morgan fingerprint density at radius 1 is 0.808 bits per heavy atom. The summed E-state index contributed by atoms with van der Waals surface area (Å²) in [6, 6.07) is 11.9. The van der Waals surface area contributed by atoms with Crippen molar-refractivity contribution in [2.75, 3.05) is 26.1 Å². The lowest BCUT2D eigenvalue weighted by Crippen LogP contribution is -2.10. The highest BCUT2D eigenvalue weighted by atomic mass is 16.5. The minimum Gasteiger partial charge on any atom is -0.497 e. The maximum atomic E-state index is 11.4. The molecule has 0 fully saturated rings. The van der Waals surface area contributed by atoms with Gasteiger partial charge in [0, 0.05) is 24.2 Å². The number of anilines is 1. The monoisotopic (exact) mass is 353 g/mol. The van der Waals surface area contributed by atoms with Gasteiger partial charge in [-0.1, -0.05) is 0 Å². The predicted octanol–water partition coefficient (Wildman–Crippen LogP) is 4.66. The fraction of sp³-hybridized carbons (Fsp3) is 0.409. The van der Waals surface area contributed by atoms with Crippen molar-refractivity contribution in [2.45, 2.75) is 38.5 Å². The minimum atomic E-state index is 0.268. The number of ketones is 1. The van der Waals surface area contributed by atoms with Crippen LogP contribution in [0.4, 0.5) is 5.69 Å². The zero-order valence-electron chi connectivity index (χ0n) is 15.6. The van der Waals surface area contributed by atoms with E-state index in [-0.39, 0.29) is 5.78 Å². The molecular weight excluding hydrogens is 326 g/mol. The molecule has 26 heavy (non-hydrogen) atoms. The van der Waals surface area contributed by atoms with E-state index < -0.39 is 0 Å². The van der Waals surface area contributed by atoms with Gasteiger partial charge in [0.2, 0.25) is 0 Å². The van der Waals surface area contributed by atoms with E-state index in [4.69, 9.17) is 9.47 Å². The van der Waals surface area contributed by atoms with Crippen molar-refractivity contribution in [2.24, 2.45) is 0 Å². The number of hydrogen-bond acceptors (Lipinski definition) is 4. The first-order valence-electron chi connectivity index (χ1n) is 9.32. The minimum absolute atomic E-state index is 0.268. The molecule has 0 spiro atoms. The van der Waals surface area contributed by atoms with Crippen LogP contribution in [0.15, 0.2) is 36.4 Å². The van der Waals surface area contributed by atoms with E-state index in [0.717, 1.165) is 42.0 Å². The normalized spacial score (nSPS) is 15.4. The van der Waals surface area contributed by atoms with Gasteiger partial charge in [-0.25, -0.2) is 0 Å². The third kappa shape index (κ3) is 4.37. The first-order valence-corrected chi connectivity index (χ1v) is 9.32. The van der Waals surface area contributed by atoms with Gasteiger partial charge in [-0.3, -0.25) is 4.79 Å². The topological polar surface area (TPSA) is 47.6 Å². The zero-order valence-corrected chi connectivity index (χ0v) is 15.6. The van der Waals surface area contributed by atoms with E-state index >= 15 is 0 Å². The van der Waals surface area contributed by atoms with E-state index in [1.165, 1.54) is 30.5 Å². The number of aryl methyl sites for hydroxylation is 2. The molecule has 0 atom stereocenters. The standard InChI is InChI=1S/C11H15NO.C11H12O2/c1-13-10-5-6-11-9(8-10)4-2-3-7-12-11;1-13-9-5-6-10-8(7-9)3-2-4-11(10)12/h5-6,8,12H,2-4,7H2,1H3;5-7H,2-4H2,1H3. The number of rotatable bonds is 2. The Kier molecular flexibility index (Phi) is 6.16. The van der Waals surface area contributed by atoms with Crippen molar-refractivity contribution in [3.63, 3.8) is 0 Å². The van der Waals surface area contributed by atoms with Crippen LogP contribution in [0.3, 0.4) is 0 Å². The smallest absolute Gasteiger partial charge is 0.163 e. The Morgan fingerprint density at radius 2 is 1.50 bits per heavy atom. The van der Waals surface area contributed by atoms with E-state index in [2.05, 4.69) is 17.4 Å². The van der Waals surface area contributed by atoms with Crippen LogP contribution < -0.4 is 14.8 Å². The predicted molar refractivity (Wildman–Crippen MR) is 105 cm³/mol. The Morgan fingerprint density at radius 3 is 2.27 bits per heavy atom. The van der Waals surface area contributed by atoms with Gasteiger partial charge in [0.25, 0.3) is 0 Å². The Hall–Kier alpha value is -2.49. The van der Waals surface area contributed by atoms with E-state index in [9.17, 15) is 4.79 Å². The molecule has 0 radical (unpaired) electrons. The zero-order chi connectivity index (χ0) is 18.4. The fourth-order valence-electron chi connectivity index (χ4n) is 3.49. The second-order valence-corrected chi connectivity index (χ2v) is 6.71. The molecule has 1 heterocycles. The molecule has 4 rings (SSSR count). The molecule has 0 saturated carbocycles. The van der Waals surface area contributed by atoms with Crippen molar-refractivity contribution < 1.29 is 14.3 Å². The number of nitrogens with one attached hydrogen (secondary N) is 1. The van der Waals surface area contributed by atoms with Crippen LogP contribution in [0.1, 0.15) is 47.2 Å². The Bertz CT molecular complexity index is 770. The number of ether oxygens (including phenoxy) is 2. The number of carbonyl (C=O) groups excluding carboxylic acids is 1. The summed E-state index contributed by atoms with van der Waals surface area (Å²) < 4.78 is 10.3. The van der Waals surface area contributed by atoms with Crippen molar-refractivity contribution in [3.8, 4) is 11.5 Å². The van der Waals surface area contributed by atoms with Crippen molar-refractivity contribution >= 4 is 11.5 Å². The molecule has 0 saturated heterocycles. The SMILES string of the molecule is COc1ccc2c(c1)CCCC2=O.COc1ccc2c(c1)CCCCN2. The summed E-state index contributed by atoms with van der Waals surface area (Å²) in [5.41, 5.74) is 4.68. The highest BCUT2D eigenvalue weighted by molar-refractivity contribution is 5.98. The molecule has 0 unspecified atom stereocenters. The molecule has 2 aliphatic rings. The molecule has 1 aliphatic heterocycles. The maximum absolute atomic E-state index is 11.4. The van der Waals surface area contributed by atoms with Crippen molar-refractivity contribution in [1.82, 2.24) is 0 Å². The Labute approximate surface area is 155 Å². The molecule has 4 heteroatoms. The Balaban J connectivity index is 0.000000151. The van der Waals surface area contributed by atoms with E-state index in [0.29, 0.717) is 6.42 Å². The molecule has 1 aliphatic carbocycles. The number of benzene rings is 2. The van der Waals surface area contributed by atoms with Crippen LogP contribution in [0.25, 0.3) is 0 Å². The summed E-state index contributed by atoms with van der Waals surface area (Å²) in [7, 11) is 3.36. The average molecular weight is 353 g/mol. The highest BCUT2D eigenvalue weighted by Crippen LogP contribution is 2.26. The van der Waals surface area contributed by atoms with Gasteiger partial charge in [0.1, 0.15) is 11.5 Å². The molecule has 4 nitrogen and oxygen atoms in total. The molecule has 1 N–H and O–H groups in total. The summed E-state index contributed by atoms with van der Waals surface area (Å²) in [6.45, 7) is 1.10. The third-order valence-electron chi connectivity index (χ3n) is 4.96. The average Bonchev–Trinajstić information content (AvgIpc) is 2.93. The lowest BCUT2D eigenvalue weighted by molar-refractivity contribution is 0.0972. The summed E-state index contributed by atoms with van der Waals surface area (Å²) in [6.07, 6.45) is 6.36. The van der Waals surface area contributed by atoms with Gasteiger partial charge in [0.15, 0.2) is 5.78 Å². The summed E-state index contributed by atoms with van der Waals surface area (Å²) in [5, 5.41) is 3.42. The molecular formula is C22H27NO3. The molecule has 2 aromatic carbocycles. The van der Waals surface area contributed by atoms with Crippen LogP contribution in [-0.4, -0.2) is 26.5 Å². The van der Waals surface area contributed by atoms with Crippen LogP contribution >= 0.6 is 0 Å². The highest BCUT2D eigenvalue weighted by Gasteiger charge is 2.16. The number of carbonyl (C=O) groups is 1. The van der Waals surface area contributed by atoms with Crippen molar-refractivity contribution in [3.05, 3.63) is 53.1 Å². The largest absolute Gasteiger partial charge is 0.497 e. The van der Waals surface area contributed by atoms with Gasteiger partial charge in [-0.15, -0.1) is 0 Å². The van der Waals surface area contributed by atoms with E-state index in [1.54, 1.807) is 14.2 Å². The maximum Gasteiger partial charge on any atom is 0.163 e. The summed E-state index contributed by atoms with van der Waals surface area (Å²) in [4.78, 5) is 11.4. The van der Waals surface area contributed by atoms with Gasteiger partial charge in [-0.05, 0) is 79.6 Å². The molecule has 138 valence electrons. The van der Waals surface area contributed by atoms with Crippen LogP contribution in [0.5, 0.6) is 11.5 Å². The first kappa shape index (κ1) is 18.3. The van der Waals surface area contributed by atoms with E-state index in [1.807, 2.05) is 24.3 Å². The lowest BCUT2D eigenvalue weighted by atomic mass is 9.91. The van der Waals surface area contributed by atoms with Crippen LogP contribution in [-0.2, 0) is 12.8 Å².